The summed E-state index contributed by atoms with van der Waals surface area (Å²) in [6, 6.07) is 18.8. The van der Waals surface area contributed by atoms with Gasteiger partial charge in [0.1, 0.15) is 12.4 Å². The molecule has 1 atom stereocenters. The van der Waals surface area contributed by atoms with Crippen LogP contribution in [0.5, 0.6) is 5.75 Å². The second-order valence-electron chi connectivity index (χ2n) is 8.31. The third-order valence-electron chi connectivity index (χ3n) is 5.90. The number of anilines is 2. The molecule has 1 fully saturated rings. The van der Waals surface area contributed by atoms with Crippen LogP contribution in [0, 0.1) is 19.8 Å². The minimum absolute atomic E-state index is 0.0605. The number of benzene rings is 3. The standard InChI is InChI=1S/C26H25BrClN3O3/c1-16-7-9-21(11-17(16)2)31-14-19(12-25(31)32)26(33)30-29-23-13-20(27)8-10-24(23)34-15-18-5-3-4-6-22(18)28/h3-11,13,19,29H,12,14-15H2,1-2H3,(H,30,33)/t19-/m0/s1. The van der Waals surface area contributed by atoms with E-state index < -0.39 is 5.92 Å². The van der Waals surface area contributed by atoms with Crippen molar-refractivity contribution in [3.8, 4) is 5.75 Å². The van der Waals surface area contributed by atoms with Gasteiger partial charge in [-0.2, -0.15) is 0 Å². The predicted molar refractivity (Wildman–Crippen MR) is 138 cm³/mol. The molecule has 4 rings (SSSR count). The molecule has 3 aromatic carbocycles. The zero-order valence-corrected chi connectivity index (χ0v) is 21.2. The summed E-state index contributed by atoms with van der Waals surface area (Å²) in [6.07, 6.45) is 0.161. The van der Waals surface area contributed by atoms with Crippen molar-refractivity contribution < 1.29 is 14.3 Å². The van der Waals surface area contributed by atoms with E-state index in [0.29, 0.717) is 23.0 Å². The first-order valence-electron chi connectivity index (χ1n) is 10.9. The predicted octanol–water partition coefficient (Wildman–Crippen LogP) is 5.79. The number of hydrogen-bond donors (Lipinski definition) is 2. The van der Waals surface area contributed by atoms with Gasteiger partial charge >= 0.3 is 0 Å². The number of rotatable bonds is 7. The van der Waals surface area contributed by atoms with Crippen LogP contribution in [0.25, 0.3) is 0 Å². The van der Waals surface area contributed by atoms with Crippen molar-refractivity contribution in [3.63, 3.8) is 0 Å². The number of carbonyl (C=O) groups excluding carboxylic acids is 2. The van der Waals surface area contributed by atoms with Gasteiger partial charge in [-0.25, -0.2) is 0 Å². The topological polar surface area (TPSA) is 70.7 Å². The zero-order valence-electron chi connectivity index (χ0n) is 18.9. The number of nitrogens with one attached hydrogen (secondary N) is 2. The summed E-state index contributed by atoms with van der Waals surface area (Å²) in [6.45, 7) is 4.66. The number of ether oxygens (including phenoxy) is 1. The van der Waals surface area contributed by atoms with Crippen molar-refractivity contribution in [2.24, 2.45) is 5.92 Å². The van der Waals surface area contributed by atoms with Crippen molar-refractivity contribution in [2.75, 3.05) is 16.9 Å². The number of halogens is 2. The second-order valence-corrected chi connectivity index (χ2v) is 9.63. The highest BCUT2D eigenvalue weighted by atomic mass is 79.9. The number of nitrogens with zero attached hydrogens (tertiary/aromatic N) is 1. The largest absolute Gasteiger partial charge is 0.487 e. The molecule has 8 heteroatoms. The van der Waals surface area contributed by atoms with Gasteiger partial charge < -0.3 is 9.64 Å². The SMILES string of the molecule is Cc1ccc(N2C[C@@H](C(=O)NNc3cc(Br)ccc3OCc3ccccc3Cl)CC2=O)cc1C. The number of aryl methyl sites for hydroxylation is 2. The van der Waals surface area contributed by atoms with Crippen LogP contribution in [-0.2, 0) is 16.2 Å². The van der Waals surface area contributed by atoms with Crippen molar-refractivity contribution >= 4 is 50.7 Å². The lowest BCUT2D eigenvalue weighted by Gasteiger charge is -2.19. The van der Waals surface area contributed by atoms with Crippen LogP contribution in [0.1, 0.15) is 23.1 Å². The monoisotopic (exact) mass is 541 g/mol. The number of hydrazine groups is 1. The molecule has 1 saturated heterocycles. The Kier molecular flexibility index (Phi) is 7.44. The van der Waals surface area contributed by atoms with Crippen LogP contribution in [-0.4, -0.2) is 18.4 Å². The van der Waals surface area contributed by atoms with Crippen molar-refractivity contribution in [3.05, 3.63) is 86.8 Å². The first kappa shape index (κ1) is 24.1. The van der Waals surface area contributed by atoms with Crippen molar-refractivity contribution in [1.29, 1.82) is 0 Å². The van der Waals surface area contributed by atoms with Crippen LogP contribution >= 0.6 is 27.5 Å². The van der Waals surface area contributed by atoms with Gasteiger partial charge in [0.25, 0.3) is 0 Å². The Morgan fingerprint density at radius 2 is 1.91 bits per heavy atom. The van der Waals surface area contributed by atoms with Gasteiger partial charge in [-0.1, -0.05) is 51.8 Å². The molecule has 1 aliphatic rings. The molecule has 0 spiro atoms. The van der Waals surface area contributed by atoms with E-state index in [1.165, 1.54) is 0 Å². The Bertz CT molecular complexity index is 1230. The van der Waals surface area contributed by atoms with E-state index in [-0.39, 0.29) is 24.8 Å². The van der Waals surface area contributed by atoms with E-state index in [1.54, 1.807) is 11.0 Å². The summed E-state index contributed by atoms with van der Waals surface area (Å²) in [5.74, 6) is -0.213. The van der Waals surface area contributed by atoms with Gasteiger partial charge in [-0.3, -0.25) is 20.4 Å². The van der Waals surface area contributed by atoms with Gasteiger partial charge in [0.05, 0.1) is 11.6 Å². The quantitative estimate of drug-likeness (QED) is 0.371. The van der Waals surface area contributed by atoms with Crippen LogP contribution in [0.15, 0.2) is 65.1 Å². The summed E-state index contributed by atoms with van der Waals surface area (Å²) in [4.78, 5) is 27.1. The van der Waals surface area contributed by atoms with Crippen molar-refractivity contribution in [1.82, 2.24) is 5.43 Å². The Morgan fingerprint density at radius 1 is 1.12 bits per heavy atom. The molecule has 176 valence electrons. The van der Waals surface area contributed by atoms with Gasteiger partial charge in [-0.15, -0.1) is 0 Å². The summed E-state index contributed by atoms with van der Waals surface area (Å²) in [7, 11) is 0. The van der Waals surface area contributed by atoms with Crippen LogP contribution in [0.4, 0.5) is 11.4 Å². The molecule has 6 nitrogen and oxygen atoms in total. The molecule has 2 N–H and O–H groups in total. The molecule has 0 bridgehead atoms. The maximum absolute atomic E-state index is 12.9. The molecular formula is C26H25BrClN3O3. The van der Waals surface area contributed by atoms with E-state index in [9.17, 15) is 9.59 Å². The first-order valence-corrected chi connectivity index (χ1v) is 12.1. The lowest BCUT2D eigenvalue weighted by atomic mass is 10.1. The van der Waals surface area contributed by atoms with Gasteiger partial charge in [0, 0.05) is 33.7 Å². The minimum Gasteiger partial charge on any atom is -0.487 e. The maximum atomic E-state index is 12.9. The van der Waals surface area contributed by atoms with Gasteiger partial charge in [-0.05, 0) is 61.4 Å². The van der Waals surface area contributed by atoms with Crippen LogP contribution in [0.3, 0.4) is 0 Å². The molecular weight excluding hydrogens is 518 g/mol. The fourth-order valence-corrected chi connectivity index (χ4v) is 4.31. The Labute approximate surface area is 212 Å². The molecule has 0 radical (unpaired) electrons. The number of carbonyl (C=O) groups is 2. The fourth-order valence-electron chi connectivity index (χ4n) is 3.75. The molecule has 0 aromatic heterocycles. The van der Waals surface area contributed by atoms with Gasteiger partial charge in [0.2, 0.25) is 11.8 Å². The lowest BCUT2D eigenvalue weighted by molar-refractivity contribution is -0.125. The van der Waals surface area contributed by atoms with E-state index >= 15 is 0 Å². The molecule has 1 aliphatic heterocycles. The Morgan fingerprint density at radius 3 is 2.68 bits per heavy atom. The average Bonchev–Trinajstić information content (AvgIpc) is 3.21. The highest BCUT2D eigenvalue weighted by molar-refractivity contribution is 9.10. The second kappa shape index (κ2) is 10.5. The first-order chi connectivity index (χ1) is 16.3. The average molecular weight is 543 g/mol. The molecule has 0 aliphatic carbocycles. The molecule has 34 heavy (non-hydrogen) atoms. The lowest BCUT2D eigenvalue weighted by Crippen LogP contribution is -2.36. The Hall–Kier alpha value is -3.03. The molecule has 1 heterocycles. The summed E-state index contributed by atoms with van der Waals surface area (Å²) in [5.41, 5.74) is 10.2. The highest BCUT2D eigenvalue weighted by Gasteiger charge is 2.35. The van der Waals surface area contributed by atoms with E-state index in [0.717, 1.165) is 26.9 Å². The summed E-state index contributed by atoms with van der Waals surface area (Å²) in [5, 5.41) is 0.627. The van der Waals surface area contributed by atoms with Crippen LogP contribution in [0.2, 0.25) is 5.02 Å². The zero-order chi connectivity index (χ0) is 24.2. The normalized spacial score (nSPS) is 15.4. The van der Waals surface area contributed by atoms with E-state index in [4.69, 9.17) is 16.3 Å². The molecule has 0 unspecified atom stereocenters. The molecule has 0 saturated carbocycles. The van der Waals surface area contributed by atoms with E-state index in [2.05, 4.69) is 26.8 Å². The maximum Gasteiger partial charge on any atom is 0.243 e. The Balaban J connectivity index is 1.40. The molecule has 2 amide bonds. The van der Waals surface area contributed by atoms with E-state index in [1.807, 2.05) is 68.4 Å². The smallest absolute Gasteiger partial charge is 0.243 e. The van der Waals surface area contributed by atoms with Gasteiger partial charge in [0.15, 0.2) is 0 Å². The summed E-state index contributed by atoms with van der Waals surface area (Å²) >= 11 is 9.67. The van der Waals surface area contributed by atoms with Crippen molar-refractivity contribution in [2.45, 2.75) is 26.9 Å². The fraction of sp³-hybridized carbons (Fsp3) is 0.231. The van der Waals surface area contributed by atoms with Crippen LogP contribution < -0.4 is 20.5 Å². The third kappa shape index (κ3) is 5.54. The highest BCUT2D eigenvalue weighted by Crippen LogP contribution is 2.30. The summed E-state index contributed by atoms with van der Waals surface area (Å²) < 4.78 is 6.77. The molecule has 3 aromatic rings. The number of amides is 2. The number of hydrogen-bond acceptors (Lipinski definition) is 4. The third-order valence-corrected chi connectivity index (χ3v) is 6.76. The minimum atomic E-state index is -0.457.